The highest BCUT2D eigenvalue weighted by Gasteiger charge is 2.38. The SMILES string of the molecule is CN1/C(=C/C(=O)C[NH+]2CC[NH+](C)CC2)C(C)(C)c2ccccc21. The van der Waals surface area contributed by atoms with Crippen LogP contribution in [0.3, 0.4) is 0 Å². The molecule has 4 heteroatoms. The molecular weight excluding hydrogens is 286 g/mol. The highest BCUT2D eigenvalue weighted by atomic mass is 16.1. The number of fused-ring (bicyclic) bond motifs is 1. The number of nitrogens with zero attached hydrogens (tertiary/aromatic N) is 1. The van der Waals surface area contributed by atoms with Crippen molar-refractivity contribution in [2.24, 2.45) is 0 Å². The zero-order chi connectivity index (χ0) is 16.6. The average molecular weight is 315 g/mol. The number of ketones is 1. The van der Waals surface area contributed by atoms with Crippen molar-refractivity contribution in [3.8, 4) is 0 Å². The van der Waals surface area contributed by atoms with Gasteiger partial charge in [-0.2, -0.15) is 0 Å². The van der Waals surface area contributed by atoms with E-state index in [1.807, 2.05) is 6.08 Å². The number of anilines is 1. The van der Waals surface area contributed by atoms with E-state index in [4.69, 9.17) is 0 Å². The molecule has 124 valence electrons. The summed E-state index contributed by atoms with van der Waals surface area (Å²) in [5.41, 5.74) is 3.52. The number of carbonyl (C=O) groups excluding carboxylic acids is 1. The van der Waals surface area contributed by atoms with E-state index in [0.717, 1.165) is 31.9 Å². The minimum atomic E-state index is -0.109. The Balaban J connectivity index is 1.76. The molecule has 1 aromatic carbocycles. The summed E-state index contributed by atoms with van der Waals surface area (Å²) in [6.07, 6.45) is 1.89. The highest BCUT2D eigenvalue weighted by Crippen LogP contribution is 2.46. The molecule has 0 bridgehead atoms. The van der Waals surface area contributed by atoms with E-state index in [2.05, 4.69) is 57.1 Å². The summed E-state index contributed by atoms with van der Waals surface area (Å²) >= 11 is 0. The van der Waals surface area contributed by atoms with Crippen molar-refractivity contribution in [3.05, 3.63) is 41.6 Å². The molecule has 0 spiro atoms. The fourth-order valence-corrected chi connectivity index (χ4v) is 3.92. The Hall–Kier alpha value is -1.65. The van der Waals surface area contributed by atoms with Gasteiger partial charge in [0.05, 0.1) is 7.05 Å². The lowest BCUT2D eigenvalue weighted by atomic mass is 9.83. The standard InChI is InChI=1S/C19H27N3O/c1-19(2)16-7-5-6-8-17(16)21(4)18(19)13-15(23)14-22-11-9-20(3)10-12-22/h5-8,13H,9-12,14H2,1-4H3/p+2/b18-13+. The molecule has 0 aliphatic carbocycles. The highest BCUT2D eigenvalue weighted by molar-refractivity contribution is 5.93. The first kappa shape index (κ1) is 16.2. The van der Waals surface area contributed by atoms with Crippen molar-refractivity contribution in [2.45, 2.75) is 19.3 Å². The first-order chi connectivity index (χ1) is 10.9. The van der Waals surface area contributed by atoms with Crippen molar-refractivity contribution in [1.82, 2.24) is 0 Å². The van der Waals surface area contributed by atoms with Crippen molar-refractivity contribution in [1.29, 1.82) is 0 Å². The third-order valence-corrected chi connectivity index (χ3v) is 5.47. The van der Waals surface area contributed by atoms with Crippen LogP contribution in [0.2, 0.25) is 0 Å². The predicted molar refractivity (Wildman–Crippen MR) is 93.1 cm³/mol. The maximum atomic E-state index is 12.6. The number of nitrogens with one attached hydrogen (secondary N) is 2. The van der Waals surface area contributed by atoms with Crippen LogP contribution < -0.4 is 14.7 Å². The molecular formula is C19H29N3O+2. The van der Waals surface area contributed by atoms with Gasteiger partial charge >= 0.3 is 0 Å². The van der Waals surface area contributed by atoms with E-state index in [1.165, 1.54) is 16.2 Å². The van der Waals surface area contributed by atoms with Crippen molar-refractivity contribution in [2.75, 3.05) is 51.7 Å². The van der Waals surface area contributed by atoms with Gasteiger partial charge in [-0.25, -0.2) is 0 Å². The second-order valence-electron chi connectivity index (χ2n) is 7.58. The van der Waals surface area contributed by atoms with Crippen LogP contribution in [0.1, 0.15) is 19.4 Å². The number of hydrogen-bond acceptors (Lipinski definition) is 2. The fourth-order valence-electron chi connectivity index (χ4n) is 3.92. The number of quaternary nitrogens is 2. The summed E-state index contributed by atoms with van der Waals surface area (Å²) in [5, 5.41) is 0. The van der Waals surface area contributed by atoms with E-state index in [-0.39, 0.29) is 11.2 Å². The summed E-state index contributed by atoms with van der Waals surface area (Å²) in [6.45, 7) is 9.56. The zero-order valence-electron chi connectivity index (χ0n) is 14.8. The van der Waals surface area contributed by atoms with Crippen LogP contribution in [0.15, 0.2) is 36.0 Å². The number of para-hydroxylation sites is 1. The molecule has 2 aliphatic rings. The van der Waals surface area contributed by atoms with Gasteiger partial charge in [-0.3, -0.25) is 4.79 Å². The van der Waals surface area contributed by atoms with Gasteiger partial charge in [0.2, 0.25) is 5.78 Å². The normalized spacial score (nSPS) is 28.0. The molecule has 3 rings (SSSR count). The molecule has 0 saturated carbocycles. The predicted octanol–water partition coefficient (Wildman–Crippen LogP) is -0.720. The number of hydrogen-bond donors (Lipinski definition) is 2. The van der Waals surface area contributed by atoms with Gasteiger partial charge in [0, 0.05) is 29.9 Å². The molecule has 2 N–H and O–H groups in total. The summed E-state index contributed by atoms with van der Waals surface area (Å²) < 4.78 is 0. The third kappa shape index (κ3) is 3.06. The number of allylic oxidation sites excluding steroid dienone is 1. The van der Waals surface area contributed by atoms with Crippen LogP contribution >= 0.6 is 0 Å². The minimum absolute atomic E-state index is 0.109. The van der Waals surface area contributed by atoms with Gasteiger partial charge in [-0.1, -0.05) is 32.0 Å². The molecule has 1 saturated heterocycles. The maximum absolute atomic E-state index is 12.6. The molecule has 0 unspecified atom stereocenters. The summed E-state index contributed by atoms with van der Waals surface area (Å²) in [7, 11) is 4.30. The Morgan fingerprint density at radius 2 is 1.87 bits per heavy atom. The van der Waals surface area contributed by atoms with Gasteiger partial charge in [-0.15, -0.1) is 0 Å². The number of rotatable bonds is 3. The van der Waals surface area contributed by atoms with Crippen molar-refractivity contribution in [3.63, 3.8) is 0 Å². The lowest BCUT2D eigenvalue weighted by molar-refractivity contribution is -0.999. The summed E-state index contributed by atoms with van der Waals surface area (Å²) in [6, 6.07) is 8.45. The van der Waals surface area contributed by atoms with Gasteiger partial charge in [0.1, 0.15) is 32.7 Å². The van der Waals surface area contributed by atoms with Crippen molar-refractivity contribution < 1.29 is 14.6 Å². The van der Waals surface area contributed by atoms with Gasteiger partial charge in [0.15, 0.2) is 0 Å². The zero-order valence-corrected chi connectivity index (χ0v) is 14.8. The lowest BCUT2D eigenvalue weighted by Gasteiger charge is -2.27. The van der Waals surface area contributed by atoms with Gasteiger partial charge < -0.3 is 14.7 Å². The molecule has 2 heterocycles. The number of piperazine rings is 1. The van der Waals surface area contributed by atoms with Crippen LogP contribution in [0.25, 0.3) is 0 Å². The molecule has 0 atom stereocenters. The van der Waals surface area contributed by atoms with Gasteiger partial charge in [0.25, 0.3) is 0 Å². The third-order valence-electron chi connectivity index (χ3n) is 5.47. The van der Waals surface area contributed by atoms with Crippen LogP contribution in [-0.4, -0.2) is 52.6 Å². The second kappa shape index (κ2) is 6.10. The molecule has 0 amide bonds. The molecule has 0 radical (unpaired) electrons. The second-order valence-corrected chi connectivity index (χ2v) is 7.58. The van der Waals surface area contributed by atoms with E-state index in [9.17, 15) is 4.79 Å². The number of benzene rings is 1. The fraction of sp³-hybridized carbons (Fsp3) is 0.526. The molecule has 1 aromatic rings. The smallest absolute Gasteiger partial charge is 0.211 e. The average Bonchev–Trinajstić information content (AvgIpc) is 2.71. The van der Waals surface area contributed by atoms with Gasteiger partial charge in [-0.05, 0) is 11.6 Å². The summed E-state index contributed by atoms with van der Waals surface area (Å²) in [5.74, 6) is 0.252. The molecule has 2 aliphatic heterocycles. The van der Waals surface area contributed by atoms with Crippen LogP contribution in [-0.2, 0) is 10.2 Å². The van der Waals surface area contributed by atoms with E-state index < -0.39 is 0 Å². The summed E-state index contributed by atoms with van der Waals surface area (Å²) in [4.78, 5) is 17.8. The topological polar surface area (TPSA) is 29.2 Å². The van der Waals surface area contributed by atoms with E-state index in [0.29, 0.717) is 6.54 Å². The Kier molecular flexibility index (Phi) is 4.30. The largest absolute Gasteiger partial charge is 0.347 e. The minimum Gasteiger partial charge on any atom is -0.347 e. The monoisotopic (exact) mass is 315 g/mol. The molecule has 4 nitrogen and oxygen atoms in total. The first-order valence-electron chi connectivity index (χ1n) is 8.62. The van der Waals surface area contributed by atoms with E-state index >= 15 is 0 Å². The molecule has 1 fully saturated rings. The first-order valence-corrected chi connectivity index (χ1v) is 8.62. The Labute approximate surface area is 139 Å². The molecule has 0 aromatic heterocycles. The Morgan fingerprint density at radius 1 is 1.22 bits per heavy atom. The Bertz CT molecular complexity index is 627. The maximum Gasteiger partial charge on any atom is 0.211 e. The van der Waals surface area contributed by atoms with E-state index in [1.54, 1.807) is 4.90 Å². The van der Waals surface area contributed by atoms with Crippen molar-refractivity contribution >= 4 is 11.5 Å². The quantitative estimate of drug-likeness (QED) is 0.721. The Morgan fingerprint density at radius 3 is 2.52 bits per heavy atom. The van der Waals surface area contributed by atoms with Crippen LogP contribution in [0.5, 0.6) is 0 Å². The number of likely N-dealkylation sites (N-methyl/N-ethyl adjacent to an activating group) is 2. The number of carbonyl (C=O) groups is 1. The van der Waals surface area contributed by atoms with Crippen LogP contribution in [0.4, 0.5) is 5.69 Å². The molecule has 23 heavy (non-hydrogen) atoms. The lowest BCUT2D eigenvalue weighted by Crippen LogP contribution is -3.27. The van der Waals surface area contributed by atoms with Crippen LogP contribution in [0, 0.1) is 0 Å².